The SMILES string of the molecule is Cl.O=C(NCCCCN1CCN(C2=CC=S(c3ccccc3)N2c2ccccc2)CC1)c1ccccc1. The summed E-state index contributed by atoms with van der Waals surface area (Å²) >= 11 is 0. The molecule has 0 spiro atoms. The lowest BCUT2D eigenvalue weighted by atomic mass is 10.2. The van der Waals surface area contributed by atoms with Gasteiger partial charge < -0.3 is 10.2 Å². The Morgan fingerprint density at radius 1 is 0.784 bits per heavy atom. The average molecular weight is 535 g/mol. The van der Waals surface area contributed by atoms with Crippen molar-refractivity contribution in [2.45, 2.75) is 17.7 Å². The number of halogens is 1. The Labute approximate surface area is 229 Å². The van der Waals surface area contributed by atoms with Gasteiger partial charge in [0.1, 0.15) is 5.82 Å². The Hall–Kier alpha value is -3.06. The van der Waals surface area contributed by atoms with E-state index in [1.54, 1.807) is 0 Å². The van der Waals surface area contributed by atoms with Gasteiger partial charge in [-0.25, -0.2) is 0 Å². The van der Waals surface area contributed by atoms with Gasteiger partial charge in [-0.1, -0.05) is 65.3 Å². The van der Waals surface area contributed by atoms with Crippen molar-refractivity contribution in [3.63, 3.8) is 0 Å². The largest absolute Gasteiger partial charge is 0.355 e. The molecule has 1 saturated heterocycles. The number of benzene rings is 3. The summed E-state index contributed by atoms with van der Waals surface area (Å²) in [4.78, 5) is 18.6. The molecule has 7 heteroatoms. The fraction of sp³-hybridized carbons (Fsp3) is 0.267. The van der Waals surface area contributed by atoms with Crippen LogP contribution in [0.5, 0.6) is 0 Å². The summed E-state index contributed by atoms with van der Waals surface area (Å²) in [6, 6.07) is 31.0. The van der Waals surface area contributed by atoms with Crippen molar-refractivity contribution in [3.05, 3.63) is 108 Å². The van der Waals surface area contributed by atoms with Crippen LogP contribution in [-0.4, -0.2) is 60.3 Å². The van der Waals surface area contributed by atoms with Crippen LogP contribution in [0.15, 0.2) is 108 Å². The number of allylic oxidation sites excluding steroid dienone is 1. The molecule has 3 aromatic carbocycles. The van der Waals surface area contributed by atoms with Crippen LogP contribution in [0.4, 0.5) is 5.69 Å². The van der Waals surface area contributed by atoms with Gasteiger partial charge in [-0.05, 0) is 67.2 Å². The van der Waals surface area contributed by atoms with Crippen molar-refractivity contribution < 1.29 is 4.79 Å². The number of piperazine rings is 1. The van der Waals surface area contributed by atoms with Crippen LogP contribution >= 0.6 is 23.1 Å². The van der Waals surface area contributed by atoms with Crippen LogP contribution in [0.2, 0.25) is 0 Å². The molecule has 0 aromatic heterocycles. The Bertz CT molecular complexity index is 1200. The fourth-order valence-corrected chi connectivity index (χ4v) is 6.60. The summed E-state index contributed by atoms with van der Waals surface area (Å²) in [5.41, 5.74) is 1.97. The topological polar surface area (TPSA) is 38.8 Å². The van der Waals surface area contributed by atoms with Crippen LogP contribution in [0.1, 0.15) is 23.2 Å². The Morgan fingerprint density at radius 2 is 1.41 bits per heavy atom. The highest BCUT2D eigenvalue weighted by Gasteiger charge is 2.28. The number of carbonyl (C=O) groups is 1. The molecule has 1 amide bonds. The zero-order chi connectivity index (χ0) is 24.6. The number of carbonyl (C=O) groups excluding carboxylic acids is 1. The third-order valence-electron chi connectivity index (χ3n) is 6.65. The number of anilines is 1. The molecule has 1 N–H and O–H groups in total. The molecule has 2 aliphatic rings. The molecule has 5 nitrogen and oxygen atoms in total. The maximum atomic E-state index is 12.2. The first-order chi connectivity index (χ1) is 17.8. The summed E-state index contributed by atoms with van der Waals surface area (Å²) in [6.45, 7) is 5.99. The molecule has 1 fully saturated rings. The molecule has 0 radical (unpaired) electrons. The first-order valence-electron chi connectivity index (χ1n) is 12.8. The molecule has 5 rings (SSSR count). The molecule has 2 heterocycles. The lowest BCUT2D eigenvalue weighted by Crippen LogP contribution is -2.48. The van der Waals surface area contributed by atoms with E-state index in [2.05, 4.69) is 91.5 Å². The maximum absolute atomic E-state index is 12.2. The molecule has 2 aliphatic heterocycles. The smallest absolute Gasteiger partial charge is 0.251 e. The molecular weight excluding hydrogens is 500 g/mol. The first kappa shape index (κ1) is 27.0. The van der Waals surface area contributed by atoms with Gasteiger partial charge in [0.2, 0.25) is 0 Å². The van der Waals surface area contributed by atoms with Crippen molar-refractivity contribution in [2.75, 3.05) is 43.6 Å². The molecular formula is C30H35ClN4OS. The zero-order valence-electron chi connectivity index (χ0n) is 21.0. The highest BCUT2D eigenvalue weighted by atomic mass is 35.5. The lowest BCUT2D eigenvalue weighted by Gasteiger charge is -2.40. The number of nitrogens with one attached hydrogen (secondary N) is 1. The second-order valence-electron chi connectivity index (χ2n) is 9.08. The second kappa shape index (κ2) is 13.5. The van der Waals surface area contributed by atoms with Crippen molar-refractivity contribution in [2.24, 2.45) is 0 Å². The number of rotatable bonds is 9. The van der Waals surface area contributed by atoms with Crippen LogP contribution in [-0.2, 0) is 0 Å². The third kappa shape index (κ3) is 6.83. The van der Waals surface area contributed by atoms with Crippen LogP contribution in [0, 0.1) is 0 Å². The predicted molar refractivity (Wildman–Crippen MR) is 159 cm³/mol. The molecule has 0 bridgehead atoms. The van der Waals surface area contributed by atoms with Gasteiger partial charge >= 0.3 is 0 Å². The number of para-hydroxylation sites is 1. The summed E-state index contributed by atoms with van der Waals surface area (Å²) in [7, 11) is -0.119. The molecule has 0 saturated carbocycles. The number of unbranched alkanes of at least 4 members (excludes halogenated alkanes) is 1. The second-order valence-corrected chi connectivity index (χ2v) is 10.8. The van der Waals surface area contributed by atoms with Gasteiger partial charge in [-0.15, -0.1) is 12.4 Å². The number of amides is 1. The molecule has 1 atom stereocenters. The Kier molecular flexibility index (Phi) is 9.83. The summed E-state index contributed by atoms with van der Waals surface area (Å²) < 4.78 is 2.50. The minimum atomic E-state index is -0.119. The molecule has 194 valence electrons. The van der Waals surface area contributed by atoms with Crippen LogP contribution < -0.4 is 9.62 Å². The van der Waals surface area contributed by atoms with Gasteiger partial charge in [-0.2, -0.15) is 0 Å². The first-order valence-corrected chi connectivity index (χ1v) is 14.0. The van der Waals surface area contributed by atoms with Gasteiger partial charge in [0.05, 0.1) is 5.69 Å². The summed E-state index contributed by atoms with van der Waals surface area (Å²) in [5.74, 6) is 1.32. The Balaban J connectivity index is 0.00000320. The minimum absolute atomic E-state index is 0. The van der Waals surface area contributed by atoms with E-state index >= 15 is 0 Å². The molecule has 37 heavy (non-hydrogen) atoms. The summed E-state index contributed by atoms with van der Waals surface area (Å²) in [5, 5.41) is 5.39. The number of hydrogen-bond acceptors (Lipinski definition) is 4. The van der Waals surface area contributed by atoms with Crippen LogP contribution in [0.3, 0.4) is 0 Å². The van der Waals surface area contributed by atoms with E-state index in [-0.39, 0.29) is 29.0 Å². The van der Waals surface area contributed by atoms with Gasteiger partial charge in [0.25, 0.3) is 5.91 Å². The Morgan fingerprint density at radius 3 is 2.08 bits per heavy atom. The number of hydrogen-bond donors (Lipinski definition) is 1. The van der Waals surface area contributed by atoms with Crippen LogP contribution in [0.25, 0.3) is 0 Å². The normalized spacial score (nSPS) is 17.5. The van der Waals surface area contributed by atoms with E-state index in [4.69, 9.17) is 0 Å². The van der Waals surface area contributed by atoms with Crippen molar-refractivity contribution in [1.29, 1.82) is 0 Å². The quantitative estimate of drug-likeness (QED) is 0.285. The minimum Gasteiger partial charge on any atom is -0.355 e. The highest BCUT2D eigenvalue weighted by Crippen LogP contribution is 2.42. The lowest BCUT2D eigenvalue weighted by molar-refractivity contribution is 0.0952. The molecule has 1 unspecified atom stereocenters. The number of nitrogens with zero attached hydrogens (tertiary/aromatic N) is 3. The van der Waals surface area contributed by atoms with E-state index in [1.165, 1.54) is 16.4 Å². The average Bonchev–Trinajstić information content (AvgIpc) is 3.40. The third-order valence-corrected chi connectivity index (χ3v) is 8.59. The van der Waals surface area contributed by atoms with E-state index < -0.39 is 0 Å². The molecule has 3 aromatic rings. The van der Waals surface area contributed by atoms with E-state index in [9.17, 15) is 4.79 Å². The van der Waals surface area contributed by atoms with Crippen molar-refractivity contribution >= 4 is 40.0 Å². The van der Waals surface area contributed by atoms with E-state index in [0.717, 1.165) is 57.7 Å². The fourth-order valence-electron chi connectivity index (χ4n) is 4.70. The standard InChI is InChI=1S/C30H34N4OS.ClH/c35-30(26-12-4-1-5-13-26)31-19-10-11-20-32-21-23-33(24-22-32)29-18-25-36(28-16-8-3-9-17-28)34(29)27-14-6-2-7-15-27;/h1-9,12-18,25H,10-11,19-24H2,(H,31,35);1H. The zero-order valence-corrected chi connectivity index (χ0v) is 22.7. The predicted octanol–water partition coefficient (Wildman–Crippen LogP) is 5.64. The van der Waals surface area contributed by atoms with Gasteiger partial charge in [0.15, 0.2) is 0 Å². The maximum Gasteiger partial charge on any atom is 0.251 e. The van der Waals surface area contributed by atoms with Gasteiger partial charge in [0, 0.05) is 43.2 Å². The van der Waals surface area contributed by atoms with E-state index in [0.29, 0.717) is 0 Å². The molecule has 0 aliphatic carbocycles. The monoisotopic (exact) mass is 534 g/mol. The van der Waals surface area contributed by atoms with Crippen molar-refractivity contribution in [1.82, 2.24) is 15.1 Å². The van der Waals surface area contributed by atoms with E-state index in [1.807, 2.05) is 30.3 Å². The van der Waals surface area contributed by atoms with Crippen molar-refractivity contribution in [3.8, 4) is 0 Å². The van der Waals surface area contributed by atoms with Gasteiger partial charge in [-0.3, -0.25) is 14.0 Å². The summed E-state index contributed by atoms with van der Waals surface area (Å²) in [6.07, 6.45) is 4.41. The highest BCUT2D eigenvalue weighted by molar-refractivity contribution is 8.16.